The summed E-state index contributed by atoms with van der Waals surface area (Å²) in [6.45, 7) is -0.442. The molecule has 5 rings (SSSR count). The summed E-state index contributed by atoms with van der Waals surface area (Å²) in [5, 5.41) is 24.5. The molecular weight excluding hydrogens is 493 g/mol. The van der Waals surface area contributed by atoms with E-state index in [1.54, 1.807) is 16.8 Å². The van der Waals surface area contributed by atoms with Crippen LogP contribution in [-0.4, -0.2) is 91.0 Å². The van der Waals surface area contributed by atoms with E-state index >= 15 is 0 Å². The van der Waals surface area contributed by atoms with Gasteiger partial charge in [0.25, 0.3) is 0 Å². The topological polar surface area (TPSA) is 123 Å². The first-order valence-electron chi connectivity index (χ1n) is 11.7. The minimum Gasteiger partial charge on any atom is -0.479 e. The highest BCUT2D eigenvalue weighted by molar-refractivity contribution is 5.89. The lowest BCUT2D eigenvalue weighted by atomic mass is 10.0. The van der Waals surface area contributed by atoms with Gasteiger partial charge in [-0.25, -0.2) is 22.4 Å². The molecule has 1 aliphatic rings. The van der Waals surface area contributed by atoms with E-state index in [1.807, 2.05) is 18.2 Å². The van der Waals surface area contributed by atoms with Crippen molar-refractivity contribution in [1.82, 2.24) is 34.5 Å². The van der Waals surface area contributed by atoms with E-state index in [1.165, 1.54) is 16.7 Å². The quantitative estimate of drug-likeness (QED) is 0.364. The molecule has 196 valence electrons. The molecule has 1 aliphatic heterocycles. The number of carbonyl (C=O) groups excluding carboxylic acids is 1. The Morgan fingerprint density at radius 3 is 2.89 bits per heavy atom. The maximum absolute atomic E-state index is 14.7. The molecule has 0 spiro atoms. The second kappa shape index (κ2) is 10.2. The molecule has 3 aromatic heterocycles. The number of aliphatic hydroxyl groups excluding tert-OH is 1. The zero-order valence-corrected chi connectivity index (χ0v) is 19.9. The second-order valence-electron chi connectivity index (χ2n) is 8.72. The molecular formula is C23H25F3N8O3. The van der Waals surface area contributed by atoms with Gasteiger partial charge in [0.15, 0.2) is 0 Å². The molecule has 0 aliphatic carbocycles. The van der Waals surface area contributed by atoms with Gasteiger partial charge in [0.1, 0.15) is 23.8 Å². The van der Waals surface area contributed by atoms with Crippen LogP contribution in [0.2, 0.25) is 0 Å². The third kappa shape index (κ3) is 4.88. The number of halogens is 3. The van der Waals surface area contributed by atoms with Gasteiger partial charge in [0, 0.05) is 31.3 Å². The first-order chi connectivity index (χ1) is 17.9. The fourth-order valence-electron chi connectivity index (χ4n) is 4.51. The van der Waals surface area contributed by atoms with E-state index in [9.17, 15) is 18.0 Å². The number of benzene rings is 1. The van der Waals surface area contributed by atoms with Crippen LogP contribution in [-0.2, 0) is 11.3 Å². The van der Waals surface area contributed by atoms with Crippen LogP contribution in [0.5, 0.6) is 5.88 Å². The van der Waals surface area contributed by atoms with Crippen molar-refractivity contribution in [1.29, 1.82) is 0 Å². The van der Waals surface area contributed by atoms with E-state index in [4.69, 9.17) is 9.84 Å². The van der Waals surface area contributed by atoms with Gasteiger partial charge in [-0.2, -0.15) is 4.98 Å². The fraction of sp³-hybridized carbons (Fsp3) is 0.435. The van der Waals surface area contributed by atoms with Gasteiger partial charge < -0.3 is 20.1 Å². The molecule has 0 saturated carbocycles. The van der Waals surface area contributed by atoms with Gasteiger partial charge >= 0.3 is 0 Å². The lowest BCUT2D eigenvalue weighted by Gasteiger charge is -2.34. The van der Waals surface area contributed by atoms with Crippen LogP contribution in [0.25, 0.3) is 27.7 Å². The van der Waals surface area contributed by atoms with Crippen LogP contribution in [0, 0.1) is 0 Å². The van der Waals surface area contributed by atoms with E-state index in [0.717, 1.165) is 11.1 Å². The van der Waals surface area contributed by atoms with Gasteiger partial charge in [0.2, 0.25) is 24.2 Å². The lowest BCUT2D eigenvalue weighted by Crippen LogP contribution is -2.50. The molecule has 11 nitrogen and oxygen atoms in total. The van der Waals surface area contributed by atoms with Crippen LogP contribution >= 0.6 is 0 Å². The molecule has 14 heteroatoms. The molecule has 0 radical (unpaired) electrons. The maximum Gasteiger partial charge on any atom is 0.248 e. The number of piperidine rings is 1. The number of amides is 1. The van der Waals surface area contributed by atoms with E-state index in [2.05, 4.69) is 25.7 Å². The number of aliphatic hydroxyl groups is 1. The predicted molar refractivity (Wildman–Crippen MR) is 127 cm³/mol. The highest BCUT2D eigenvalue weighted by atomic mass is 19.3. The minimum absolute atomic E-state index is 0.0399. The number of ether oxygens (including phenoxy) is 1. The second-order valence-corrected chi connectivity index (χ2v) is 8.72. The first kappa shape index (κ1) is 24.7. The highest BCUT2D eigenvalue weighted by Gasteiger charge is 2.32. The Balaban J connectivity index is 1.42. The third-order valence-electron chi connectivity index (χ3n) is 6.40. The zero-order chi connectivity index (χ0) is 26.1. The smallest absolute Gasteiger partial charge is 0.248 e. The van der Waals surface area contributed by atoms with Crippen LogP contribution in [0.1, 0.15) is 12.8 Å². The molecule has 2 atom stereocenters. The summed E-state index contributed by atoms with van der Waals surface area (Å²) < 4.78 is 48.7. The average molecular weight is 519 g/mol. The predicted octanol–water partition coefficient (Wildman–Crippen LogP) is 2.15. The molecule has 37 heavy (non-hydrogen) atoms. The van der Waals surface area contributed by atoms with Crippen molar-refractivity contribution < 1.29 is 27.8 Å². The Kier molecular flexibility index (Phi) is 6.82. The van der Waals surface area contributed by atoms with Crippen molar-refractivity contribution in [2.24, 2.45) is 0 Å². The standard InChI is InChI=1S/C23H25F3N8O3/c1-37-22-21-14(13-2-3-17-18(10-13)33(31-29-17)9-6-19(25)26)4-8-34(21)30-23(28-22)27-16-5-7-32(11-15(16)24)20(36)12-35/h2-4,8,10,15-16,19,35H,5-7,9,11-12H2,1H3,(H,27,30)/t15-,16+/m1/s1. The lowest BCUT2D eigenvalue weighted by molar-refractivity contribution is -0.136. The average Bonchev–Trinajstić information content (AvgIpc) is 3.51. The summed E-state index contributed by atoms with van der Waals surface area (Å²) >= 11 is 0. The number of nitrogens with zero attached hydrogens (tertiary/aromatic N) is 7. The molecule has 0 bridgehead atoms. The Labute approximate surface area is 208 Å². The number of carbonyl (C=O) groups is 1. The number of aromatic nitrogens is 6. The van der Waals surface area contributed by atoms with Crippen LogP contribution in [0.4, 0.5) is 19.1 Å². The van der Waals surface area contributed by atoms with Crippen molar-refractivity contribution in [3.63, 3.8) is 0 Å². The summed E-state index contributed by atoms with van der Waals surface area (Å²) in [7, 11) is 1.46. The van der Waals surface area contributed by atoms with Crippen molar-refractivity contribution in [2.75, 3.05) is 32.1 Å². The zero-order valence-electron chi connectivity index (χ0n) is 19.9. The minimum atomic E-state index is -2.44. The summed E-state index contributed by atoms with van der Waals surface area (Å²) in [6, 6.07) is 6.62. The molecule has 1 aromatic carbocycles. The number of hydrogen-bond donors (Lipinski definition) is 2. The van der Waals surface area contributed by atoms with Gasteiger partial charge in [-0.05, 0) is 30.2 Å². The van der Waals surface area contributed by atoms with Crippen molar-refractivity contribution in [3.8, 4) is 17.0 Å². The number of aryl methyl sites for hydroxylation is 1. The number of likely N-dealkylation sites (tertiary alicyclic amines) is 1. The highest BCUT2D eigenvalue weighted by Crippen LogP contribution is 2.33. The van der Waals surface area contributed by atoms with Crippen LogP contribution in [0.15, 0.2) is 30.5 Å². The molecule has 4 heterocycles. The number of rotatable bonds is 8. The number of methoxy groups -OCH3 is 1. The maximum atomic E-state index is 14.7. The monoisotopic (exact) mass is 518 g/mol. The molecule has 4 aromatic rings. The van der Waals surface area contributed by atoms with E-state index in [0.29, 0.717) is 29.5 Å². The number of nitrogens with one attached hydrogen (secondary N) is 1. The Hall–Kier alpha value is -3.94. The van der Waals surface area contributed by atoms with E-state index < -0.39 is 31.2 Å². The molecule has 1 fully saturated rings. The van der Waals surface area contributed by atoms with Crippen molar-refractivity contribution in [2.45, 2.75) is 38.0 Å². The van der Waals surface area contributed by atoms with Crippen molar-refractivity contribution in [3.05, 3.63) is 30.5 Å². The SMILES string of the molecule is COc1nc(N[C@H]2CCN(C(=O)CO)C[C@H]2F)nn2ccc(-c3ccc4nnn(CCC(F)F)c4c3)c12. The molecule has 2 N–H and O–H groups in total. The number of fused-ring (bicyclic) bond motifs is 2. The molecule has 1 amide bonds. The largest absolute Gasteiger partial charge is 0.479 e. The van der Waals surface area contributed by atoms with E-state index in [-0.39, 0.29) is 31.3 Å². The Morgan fingerprint density at radius 1 is 1.32 bits per heavy atom. The summed E-state index contributed by atoms with van der Waals surface area (Å²) in [5.74, 6) is -0.0950. The van der Waals surface area contributed by atoms with Gasteiger partial charge in [-0.15, -0.1) is 10.2 Å². The van der Waals surface area contributed by atoms with Crippen LogP contribution in [0.3, 0.4) is 0 Å². The fourth-order valence-corrected chi connectivity index (χ4v) is 4.51. The molecule has 1 saturated heterocycles. The van der Waals surface area contributed by atoms with Gasteiger partial charge in [-0.3, -0.25) is 4.79 Å². The van der Waals surface area contributed by atoms with Gasteiger partial charge in [0.05, 0.1) is 25.2 Å². The number of anilines is 1. The van der Waals surface area contributed by atoms with Gasteiger partial charge in [-0.1, -0.05) is 11.3 Å². The summed E-state index contributed by atoms with van der Waals surface area (Å²) in [5.41, 5.74) is 3.28. The normalized spacial score (nSPS) is 18.2. The Bertz CT molecular complexity index is 1430. The molecule has 0 unspecified atom stereocenters. The third-order valence-corrected chi connectivity index (χ3v) is 6.40. The Morgan fingerprint density at radius 2 is 2.16 bits per heavy atom. The van der Waals surface area contributed by atoms with Crippen molar-refractivity contribution >= 4 is 28.4 Å². The summed E-state index contributed by atoms with van der Waals surface area (Å²) in [4.78, 5) is 17.4. The summed E-state index contributed by atoms with van der Waals surface area (Å²) in [6.07, 6.45) is -2.10. The first-order valence-corrected chi connectivity index (χ1v) is 11.7. The number of alkyl halides is 3. The number of hydrogen-bond acceptors (Lipinski definition) is 8. The van der Waals surface area contributed by atoms with Crippen LogP contribution < -0.4 is 10.1 Å².